The second kappa shape index (κ2) is 5.88. The molecule has 2 N–H and O–H groups in total. The van der Waals surface area contributed by atoms with Crippen molar-refractivity contribution in [1.29, 1.82) is 0 Å². The van der Waals surface area contributed by atoms with Gasteiger partial charge in [0.1, 0.15) is 5.01 Å². The minimum Gasteiger partial charge on any atom is -0.319 e. The highest BCUT2D eigenvalue weighted by molar-refractivity contribution is 7.10. The number of rotatable bonds is 2. The van der Waals surface area contributed by atoms with E-state index in [1.54, 1.807) is 17.4 Å². The number of nitrogens with two attached hydrogens (primary N) is 1. The van der Waals surface area contributed by atoms with Crippen LogP contribution in [0.25, 0.3) is 11.3 Å². The van der Waals surface area contributed by atoms with E-state index in [1.807, 2.05) is 17.5 Å². The predicted octanol–water partition coefficient (Wildman–Crippen LogP) is 5.48. The zero-order valence-electron chi connectivity index (χ0n) is 11.9. The van der Waals surface area contributed by atoms with Crippen LogP contribution in [0.5, 0.6) is 0 Å². The van der Waals surface area contributed by atoms with Gasteiger partial charge in [-0.1, -0.05) is 43.0 Å². The Morgan fingerprint density at radius 1 is 1.38 bits per heavy atom. The molecule has 0 amide bonds. The van der Waals surface area contributed by atoms with Crippen LogP contribution in [0.4, 0.5) is 0 Å². The first kappa shape index (κ1) is 15.3. The molecule has 21 heavy (non-hydrogen) atoms. The maximum absolute atomic E-state index is 6.62. The third kappa shape index (κ3) is 3.11. The van der Waals surface area contributed by atoms with Gasteiger partial charge in [0, 0.05) is 16.0 Å². The van der Waals surface area contributed by atoms with Gasteiger partial charge in [0.15, 0.2) is 0 Å². The summed E-state index contributed by atoms with van der Waals surface area (Å²) in [5.74, 6) is 0.662. The summed E-state index contributed by atoms with van der Waals surface area (Å²) in [6.07, 6.45) is 4.46. The molecule has 2 unspecified atom stereocenters. The lowest BCUT2D eigenvalue weighted by Crippen LogP contribution is -2.40. The van der Waals surface area contributed by atoms with Gasteiger partial charge in [-0.15, -0.1) is 11.3 Å². The van der Waals surface area contributed by atoms with E-state index in [-0.39, 0.29) is 5.54 Å². The Labute approximate surface area is 139 Å². The third-order valence-corrected chi connectivity index (χ3v) is 5.78. The highest BCUT2D eigenvalue weighted by atomic mass is 35.5. The maximum atomic E-state index is 6.62. The quantitative estimate of drug-likeness (QED) is 0.785. The smallest absolute Gasteiger partial charge is 0.113 e. The molecule has 1 aliphatic carbocycles. The number of halogens is 2. The number of benzene rings is 1. The number of aromatic nitrogens is 1. The molecule has 0 bridgehead atoms. The molecule has 5 heteroatoms. The standard InChI is InChI=1S/C16H18Cl2N2S/c1-10-3-2-6-16(19,8-10)15-20-14(9-21-15)12-5-4-11(17)7-13(12)18/h4-5,7,9-10H,2-3,6,8,19H2,1H3. The molecule has 0 saturated heterocycles. The Kier molecular flexibility index (Phi) is 4.28. The molecule has 1 heterocycles. The van der Waals surface area contributed by atoms with Crippen molar-refractivity contribution >= 4 is 34.5 Å². The molecular formula is C16H18Cl2N2S. The summed E-state index contributed by atoms with van der Waals surface area (Å²) in [6.45, 7) is 2.27. The monoisotopic (exact) mass is 340 g/mol. The first-order valence-electron chi connectivity index (χ1n) is 7.18. The lowest BCUT2D eigenvalue weighted by molar-refractivity contribution is 0.238. The molecular weight excluding hydrogens is 323 g/mol. The summed E-state index contributed by atoms with van der Waals surface area (Å²) in [5.41, 5.74) is 8.14. The first-order valence-corrected chi connectivity index (χ1v) is 8.82. The minimum absolute atomic E-state index is 0.278. The van der Waals surface area contributed by atoms with E-state index >= 15 is 0 Å². The van der Waals surface area contributed by atoms with Gasteiger partial charge in [0.05, 0.1) is 16.3 Å². The van der Waals surface area contributed by atoms with Crippen LogP contribution in [-0.2, 0) is 5.54 Å². The highest BCUT2D eigenvalue weighted by Gasteiger charge is 2.35. The second-order valence-electron chi connectivity index (χ2n) is 6.02. The Bertz CT molecular complexity index is 655. The molecule has 2 nitrogen and oxygen atoms in total. The fourth-order valence-electron chi connectivity index (χ4n) is 3.11. The molecule has 1 aliphatic rings. The van der Waals surface area contributed by atoms with Crippen molar-refractivity contribution in [2.75, 3.05) is 0 Å². The van der Waals surface area contributed by atoms with Crippen molar-refractivity contribution in [3.05, 3.63) is 38.6 Å². The Hall–Kier alpha value is -0.610. The molecule has 2 atom stereocenters. The van der Waals surface area contributed by atoms with Crippen molar-refractivity contribution < 1.29 is 0 Å². The summed E-state index contributed by atoms with van der Waals surface area (Å²) in [5, 5.41) is 4.33. The molecule has 1 fully saturated rings. The number of nitrogens with zero attached hydrogens (tertiary/aromatic N) is 1. The maximum Gasteiger partial charge on any atom is 0.113 e. The van der Waals surface area contributed by atoms with E-state index < -0.39 is 0 Å². The van der Waals surface area contributed by atoms with Gasteiger partial charge < -0.3 is 5.73 Å². The van der Waals surface area contributed by atoms with Crippen LogP contribution in [0.1, 0.15) is 37.6 Å². The van der Waals surface area contributed by atoms with Crippen molar-refractivity contribution in [3.63, 3.8) is 0 Å². The molecule has 3 rings (SSSR count). The van der Waals surface area contributed by atoms with Gasteiger partial charge in [-0.3, -0.25) is 0 Å². The zero-order chi connectivity index (χ0) is 15.0. The van der Waals surface area contributed by atoms with Crippen molar-refractivity contribution in [1.82, 2.24) is 4.98 Å². The number of hydrogen-bond acceptors (Lipinski definition) is 3. The summed E-state index contributed by atoms with van der Waals surface area (Å²) in [6, 6.07) is 5.50. The molecule has 1 aromatic carbocycles. The predicted molar refractivity (Wildman–Crippen MR) is 91.1 cm³/mol. The van der Waals surface area contributed by atoms with Gasteiger partial charge in [0.25, 0.3) is 0 Å². The molecule has 112 valence electrons. The lowest BCUT2D eigenvalue weighted by atomic mass is 9.77. The summed E-state index contributed by atoms with van der Waals surface area (Å²) in [4.78, 5) is 4.77. The van der Waals surface area contributed by atoms with Gasteiger partial charge in [-0.05, 0) is 37.0 Å². The van der Waals surface area contributed by atoms with Crippen molar-refractivity contribution in [2.45, 2.75) is 38.1 Å². The van der Waals surface area contributed by atoms with E-state index in [4.69, 9.17) is 33.9 Å². The van der Waals surface area contributed by atoms with Gasteiger partial charge in [0.2, 0.25) is 0 Å². The van der Waals surface area contributed by atoms with Gasteiger partial charge >= 0.3 is 0 Å². The van der Waals surface area contributed by atoms with Crippen LogP contribution in [0.3, 0.4) is 0 Å². The van der Waals surface area contributed by atoms with E-state index in [0.29, 0.717) is 16.0 Å². The van der Waals surface area contributed by atoms with Crippen molar-refractivity contribution in [3.8, 4) is 11.3 Å². The van der Waals surface area contributed by atoms with E-state index in [2.05, 4.69) is 6.92 Å². The average molecular weight is 341 g/mol. The average Bonchev–Trinajstić information content (AvgIpc) is 2.88. The molecule has 0 spiro atoms. The zero-order valence-corrected chi connectivity index (χ0v) is 14.2. The normalized spacial score (nSPS) is 26.0. The molecule has 1 aromatic heterocycles. The van der Waals surface area contributed by atoms with Crippen LogP contribution in [0.15, 0.2) is 23.6 Å². The minimum atomic E-state index is -0.278. The largest absolute Gasteiger partial charge is 0.319 e. The molecule has 1 saturated carbocycles. The first-order chi connectivity index (χ1) is 9.98. The third-order valence-electron chi connectivity index (χ3n) is 4.17. The Morgan fingerprint density at radius 3 is 2.90 bits per heavy atom. The number of thiazole rings is 1. The SMILES string of the molecule is CC1CCCC(N)(c2nc(-c3ccc(Cl)cc3Cl)cs2)C1. The van der Waals surface area contributed by atoms with Crippen molar-refractivity contribution in [2.24, 2.45) is 11.7 Å². The summed E-state index contributed by atoms with van der Waals surface area (Å²) >= 11 is 13.9. The molecule has 0 radical (unpaired) electrons. The number of hydrogen-bond donors (Lipinski definition) is 1. The fourth-order valence-corrected chi connectivity index (χ4v) is 4.59. The highest BCUT2D eigenvalue weighted by Crippen LogP contribution is 2.40. The summed E-state index contributed by atoms with van der Waals surface area (Å²) < 4.78 is 0. The summed E-state index contributed by atoms with van der Waals surface area (Å²) in [7, 11) is 0. The van der Waals surface area contributed by atoms with E-state index in [0.717, 1.165) is 29.1 Å². The lowest BCUT2D eigenvalue weighted by Gasteiger charge is -2.35. The fraction of sp³-hybridized carbons (Fsp3) is 0.438. The van der Waals surface area contributed by atoms with Crippen LogP contribution in [0, 0.1) is 5.92 Å². The van der Waals surface area contributed by atoms with Crippen LogP contribution in [0.2, 0.25) is 10.0 Å². The second-order valence-corrected chi connectivity index (χ2v) is 7.72. The van der Waals surface area contributed by atoms with Gasteiger partial charge in [-0.25, -0.2) is 4.98 Å². The molecule has 2 aromatic rings. The Morgan fingerprint density at radius 2 is 2.19 bits per heavy atom. The van der Waals surface area contributed by atoms with E-state index in [9.17, 15) is 0 Å². The topological polar surface area (TPSA) is 38.9 Å². The van der Waals surface area contributed by atoms with Crippen LogP contribution in [-0.4, -0.2) is 4.98 Å². The van der Waals surface area contributed by atoms with E-state index in [1.165, 1.54) is 12.8 Å². The van der Waals surface area contributed by atoms with Crippen LogP contribution >= 0.6 is 34.5 Å². The van der Waals surface area contributed by atoms with Crippen LogP contribution < -0.4 is 5.73 Å². The van der Waals surface area contributed by atoms with Gasteiger partial charge in [-0.2, -0.15) is 0 Å². The Balaban J connectivity index is 1.92. The molecule has 0 aliphatic heterocycles.